The topological polar surface area (TPSA) is 64.4 Å². The molecule has 29 heavy (non-hydrogen) atoms. The Labute approximate surface area is 178 Å². The molecule has 0 unspecified atom stereocenters. The maximum absolute atomic E-state index is 13.4. The van der Waals surface area contributed by atoms with E-state index >= 15 is 0 Å². The monoisotopic (exact) mass is 472 g/mol. The van der Waals surface area contributed by atoms with Gasteiger partial charge in [0.2, 0.25) is 5.88 Å². The molecule has 0 atom stereocenters. The van der Waals surface area contributed by atoms with E-state index in [0.29, 0.717) is 16.8 Å². The largest absolute Gasteiger partial charge is 0.444 e. The molecule has 0 bridgehead atoms. The van der Waals surface area contributed by atoms with Crippen LogP contribution in [0.15, 0.2) is 75.0 Å². The van der Waals surface area contributed by atoms with Crippen LogP contribution < -0.4 is 5.32 Å². The van der Waals surface area contributed by atoms with Crippen molar-refractivity contribution >= 4 is 39.2 Å². The molecule has 0 aliphatic rings. The molecule has 146 valence electrons. The molecular weight excluding hydrogens is 459 g/mol. The highest BCUT2D eigenvalue weighted by molar-refractivity contribution is 9.11. The average molecular weight is 473 g/mol. The molecule has 0 aliphatic carbocycles. The number of anilines is 1. The van der Waals surface area contributed by atoms with Crippen molar-refractivity contribution in [2.75, 3.05) is 5.32 Å². The highest BCUT2D eigenvalue weighted by Gasteiger charge is 2.22. The van der Waals surface area contributed by atoms with Crippen molar-refractivity contribution in [3.8, 4) is 21.7 Å². The molecule has 4 rings (SSSR count). The van der Waals surface area contributed by atoms with Crippen LogP contribution in [0.5, 0.6) is 0 Å². The summed E-state index contributed by atoms with van der Waals surface area (Å²) in [5.41, 5.74) is 2.62. The molecule has 2 heterocycles. The molecule has 0 spiro atoms. The van der Waals surface area contributed by atoms with Crippen LogP contribution in [-0.4, -0.2) is 11.2 Å². The van der Waals surface area contributed by atoms with Gasteiger partial charge in [0.1, 0.15) is 18.1 Å². The Morgan fingerprint density at radius 3 is 2.55 bits per heavy atom. The van der Waals surface area contributed by atoms with Crippen molar-refractivity contribution < 1.29 is 18.4 Å². The highest BCUT2D eigenvalue weighted by atomic mass is 79.9. The first kappa shape index (κ1) is 19.4. The molecule has 4 aromatic rings. The summed E-state index contributed by atoms with van der Waals surface area (Å²) in [5, 5.41) is 6.72. The van der Waals surface area contributed by atoms with Gasteiger partial charge in [-0.15, -0.1) is 11.3 Å². The Morgan fingerprint density at radius 2 is 1.86 bits per heavy atom. The molecule has 2 aromatic carbocycles. The minimum atomic E-state index is -0.674. The zero-order chi connectivity index (χ0) is 20.2. The number of ether oxygens (including phenoxy) is 1. The van der Waals surface area contributed by atoms with E-state index in [2.05, 4.69) is 26.4 Å². The van der Waals surface area contributed by atoms with Gasteiger partial charge in [-0.25, -0.2) is 9.18 Å². The Morgan fingerprint density at radius 1 is 1.10 bits per heavy atom. The second-order valence-electron chi connectivity index (χ2n) is 6.03. The van der Waals surface area contributed by atoms with Crippen LogP contribution in [0.3, 0.4) is 0 Å². The summed E-state index contributed by atoms with van der Waals surface area (Å²) in [5.74, 6) is -0.225. The lowest BCUT2D eigenvalue weighted by molar-refractivity contribution is 0.154. The summed E-state index contributed by atoms with van der Waals surface area (Å²) in [6.45, 7) is 0.122. The Bertz CT molecular complexity index is 1130. The molecule has 0 aliphatic heterocycles. The van der Waals surface area contributed by atoms with Crippen LogP contribution in [0.2, 0.25) is 0 Å². The van der Waals surface area contributed by atoms with Gasteiger partial charge in [0, 0.05) is 0 Å². The lowest BCUT2D eigenvalue weighted by Gasteiger charge is -2.07. The number of amides is 1. The van der Waals surface area contributed by atoms with Crippen LogP contribution in [0, 0.1) is 5.82 Å². The Balaban J connectivity index is 1.61. The van der Waals surface area contributed by atoms with Gasteiger partial charge in [-0.3, -0.25) is 5.32 Å². The Kier molecular flexibility index (Phi) is 5.73. The number of thiophene rings is 1. The summed E-state index contributed by atoms with van der Waals surface area (Å²) in [4.78, 5) is 13.1. The molecular formula is C21H14BrFN2O3S. The zero-order valence-electron chi connectivity index (χ0n) is 14.9. The van der Waals surface area contributed by atoms with Gasteiger partial charge >= 0.3 is 6.09 Å². The summed E-state index contributed by atoms with van der Waals surface area (Å²) in [6.07, 6.45) is -0.674. The average Bonchev–Trinajstić information content (AvgIpc) is 3.34. The summed E-state index contributed by atoms with van der Waals surface area (Å²) in [7, 11) is 0. The van der Waals surface area contributed by atoms with Gasteiger partial charge in [-0.2, -0.15) is 0 Å². The minimum absolute atomic E-state index is 0.122. The van der Waals surface area contributed by atoms with Crippen LogP contribution in [0.4, 0.5) is 15.1 Å². The highest BCUT2D eigenvalue weighted by Crippen LogP contribution is 2.41. The first-order valence-electron chi connectivity index (χ1n) is 8.59. The first-order valence-corrected chi connectivity index (χ1v) is 10.2. The van der Waals surface area contributed by atoms with Crippen LogP contribution in [-0.2, 0) is 11.3 Å². The first-order chi connectivity index (χ1) is 14.1. The molecule has 5 nitrogen and oxygen atoms in total. The lowest BCUT2D eigenvalue weighted by atomic mass is 10.0. The number of carbonyl (C=O) groups is 1. The zero-order valence-corrected chi connectivity index (χ0v) is 17.3. The number of benzene rings is 2. The van der Waals surface area contributed by atoms with Crippen LogP contribution in [0.1, 0.15) is 5.56 Å². The number of hydrogen-bond donors (Lipinski definition) is 1. The van der Waals surface area contributed by atoms with E-state index in [4.69, 9.17) is 9.26 Å². The molecule has 1 amide bonds. The lowest BCUT2D eigenvalue weighted by Crippen LogP contribution is -2.13. The van der Waals surface area contributed by atoms with E-state index in [-0.39, 0.29) is 18.3 Å². The Hall–Kier alpha value is -2.97. The van der Waals surface area contributed by atoms with Gasteiger partial charge in [0.25, 0.3) is 0 Å². The quantitative estimate of drug-likeness (QED) is 0.350. The standard InChI is InChI=1S/C21H14BrFN2O3S/c22-17-11-10-16(29-17)19-18(14-6-8-15(23)9-7-14)20(28-25-19)24-21(26)27-12-13-4-2-1-3-5-13/h1-11H,12H2,(H,24,26). The van der Waals surface area contributed by atoms with Gasteiger partial charge in [0.15, 0.2) is 0 Å². The number of nitrogens with one attached hydrogen (secondary N) is 1. The van der Waals surface area contributed by atoms with E-state index in [0.717, 1.165) is 14.2 Å². The second kappa shape index (κ2) is 8.59. The number of halogens is 2. The van der Waals surface area contributed by atoms with Crippen molar-refractivity contribution in [2.24, 2.45) is 0 Å². The fraction of sp³-hybridized carbons (Fsp3) is 0.0476. The molecule has 0 radical (unpaired) electrons. The fourth-order valence-electron chi connectivity index (χ4n) is 2.72. The van der Waals surface area contributed by atoms with Crippen molar-refractivity contribution in [1.29, 1.82) is 0 Å². The van der Waals surface area contributed by atoms with Crippen LogP contribution in [0.25, 0.3) is 21.7 Å². The SMILES string of the molecule is O=C(Nc1onc(-c2ccc(Br)s2)c1-c1ccc(F)cc1)OCc1ccccc1. The summed E-state index contributed by atoms with van der Waals surface area (Å²) < 4.78 is 25.0. The summed E-state index contributed by atoms with van der Waals surface area (Å²) >= 11 is 4.90. The number of hydrogen-bond acceptors (Lipinski definition) is 5. The molecule has 8 heteroatoms. The van der Waals surface area contributed by atoms with E-state index in [1.54, 1.807) is 12.1 Å². The maximum atomic E-state index is 13.4. The smallest absolute Gasteiger partial charge is 0.414 e. The van der Waals surface area contributed by atoms with Gasteiger partial charge < -0.3 is 9.26 Å². The predicted molar refractivity (Wildman–Crippen MR) is 113 cm³/mol. The van der Waals surface area contributed by atoms with E-state index in [1.807, 2.05) is 42.5 Å². The van der Waals surface area contributed by atoms with E-state index < -0.39 is 6.09 Å². The third-order valence-corrected chi connectivity index (χ3v) is 5.69. The fourth-order valence-corrected chi connectivity index (χ4v) is 4.10. The van der Waals surface area contributed by atoms with Crippen molar-refractivity contribution in [2.45, 2.75) is 6.61 Å². The van der Waals surface area contributed by atoms with Crippen molar-refractivity contribution in [3.05, 3.63) is 81.9 Å². The predicted octanol–water partition coefficient (Wildman–Crippen LogP) is 6.72. The third kappa shape index (κ3) is 4.55. The minimum Gasteiger partial charge on any atom is -0.444 e. The number of rotatable bonds is 5. The van der Waals surface area contributed by atoms with Gasteiger partial charge in [-0.1, -0.05) is 47.6 Å². The second-order valence-corrected chi connectivity index (χ2v) is 8.50. The van der Waals surface area contributed by atoms with Crippen molar-refractivity contribution in [1.82, 2.24) is 5.16 Å². The summed E-state index contributed by atoms with van der Waals surface area (Å²) in [6, 6.07) is 19.0. The van der Waals surface area contributed by atoms with Crippen LogP contribution >= 0.6 is 27.3 Å². The third-order valence-electron chi connectivity index (χ3n) is 4.06. The van der Waals surface area contributed by atoms with E-state index in [9.17, 15) is 9.18 Å². The number of aromatic nitrogens is 1. The van der Waals surface area contributed by atoms with Gasteiger partial charge in [-0.05, 0) is 51.3 Å². The number of carbonyl (C=O) groups excluding carboxylic acids is 1. The van der Waals surface area contributed by atoms with E-state index in [1.165, 1.54) is 23.5 Å². The molecule has 0 saturated heterocycles. The number of nitrogens with zero attached hydrogens (tertiary/aromatic N) is 1. The molecule has 0 saturated carbocycles. The van der Waals surface area contributed by atoms with Gasteiger partial charge in [0.05, 0.1) is 14.2 Å². The maximum Gasteiger partial charge on any atom is 0.414 e. The normalized spacial score (nSPS) is 10.7. The van der Waals surface area contributed by atoms with Crippen molar-refractivity contribution in [3.63, 3.8) is 0 Å². The molecule has 0 fully saturated rings. The molecule has 2 aromatic heterocycles. The molecule has 1 N–H and O–H groups in total.